The third kappa shape index (κ3) is 6.11. The van der Waals surface area contributed by atoms with Crippen molar-refractivity contribution in [2.24, 2.45) is 5.92 Å². The number of likely N-dealkylation sites (tertiary alicyclic amines) is 1. The predicted octanol–water partition coefficient (Wildman–Crippen LogP) is 1.64. The average molecular weight is 292 g/mol. The highest BCUT2D eigenvalue weighted by Gasteiger charge is 2.26. The molecule has 1 aliphatic rings. The van der Waals surface area contributed by atoms with Crippen LogP contribution in [0.25, 0.3) is 0 Å². The number of halogens is 1. The second-order valence-corrected chi connectivity index (χ2v) is 5.53. The lowest BCUT2D eigenvalue weighted by atomic mass is 9.96. The van der Waals surface area contributed by atoms with Crippen LogP contribution >= 0.6 is 12.4 Å². The van der Waals surface area contributed by atoms with Crippen molar-refractivity contribution in [2.75, 3.05) is 26.7 Å². The van der Waals surface area contributed by atoms with Crippen molar-refractivity contribution in [1.29, 1.82) is 0 Å². The topological polar surface area (TPSA) is 44.4 Å². The van der Waals surface area contributed by atoms with E-state index < -0.39 is 0 Å². The number of hydrogen-bond donors (Lipinski definition) is 2. The normalized spacial score (nSPS) is 20.4. The van der Waals surface area contributed by atoms with Gasteiger partial charge in [-0.1, -0.05) is 6.92 Å². The summed E-state index contributed by atoms with van der Waals surface area (Å²) in [5, 5.41) is 6.31. The molecule has 0 spiro atoms. The molecule has 1 amide bonds. The molecule has 1 heterocycles. The zero-order chi connectivity index (χ0) is 13.5. The minimum absolute atomic E-state index is 0. The second kappa shape index (κ2) is 9.56. The van der Waals surface area contributed by atoms with E-state index in [9.17, 15) is 4.79 Å². The van der Waals surface area contributed by atoms with Gasteiger partial charge in [0.15, 0.2) is 0 Å². The quantitative estimate of drug-likeness (QED) is 0.782. The Bertz CT molecular complexity index is 255. The average Bonchev–Trinajstić information content (AvgIpc) is 2.39. The van der Waals surface area contributed by atoms with Crippen molar-refractivity contribution in [2.45, 2.75) is 52.1 Å². The molecule has 0 aromatic rings. The van der Waals surface area contributed by atoms with E-state index in [-0.39, 0.29) is 30.4 Å². The fraction of sp³-hybridized carbons (Fsp3) is 0.929. The van der Waals surface area contributed by atoms with Gasteiger partial charge in [-0.3, -0.25) is 9.69 Å². The zero-order valence-corrected chi connectivity index (χ0v) is 13.6. The standard InChI is InChI=1S/C14H29N3O.ClH/c1-5-11(2)16-14(18)12(3)17-8-6-13(7-9-17)10-15-4;/h11-13,15H,5-10H2,1-4H3,(H,16,18);1H. The summed E-state index contributed by atoms with van der Waals surface area (Å²) in [7, 11) is 2.01. The molecule has 1 saturated heterocycles. The summed E-state index contributed by atoms with van der Waals surface area (Å²) in [4.78, 5) is 14.4. The van der Waals surface area contributed by atoms with Gasteiger partial charge in [0.1, 0.15) is 0 Å². The highest BCUT2D eigenvalue weighted by atomic mass is 35.5. The lowest BCUT2D eigenvalue weighted by Crippen LogP contribution is -2.50. The van der Waals surface area contributed by atoms with Gasteiger partial charge in [0, 0.05) is 6.04 Å². The first kappa shape index (κ1) is 18.7. The van der Waals surface area contributed by atoms with Crippen LogP contribution in [0.4, 0.5) is 0 Å². The Kier molecular flexibility index (Phi) is 9.40. The van der Waals surface area contributed by atoms with Crippen LogP contribution in [0.5, 0.6) is 0 Å². The van der Waals surface area contributed by atoms with E-state index in [1.54, 1.807) is 0 Å². The second-order valence-electron chi connectivity index (χ2n) is 5.53. The Hall–Kier alpha value is -0.320. The number of rotatable bonds is 6. The van der Waals surface area contributed by atoms with Crippen LogP contribution in [0.15, 0.2) is 0 Å². The summed E-state index contributed by atoms with van der Waals surface area (Å²) in [5.74, 6) is 0.951. The van der Waals surface area contributed by atoms with Gasteiger partial charge < -0.3 is 10.6 Å². The van der Waals surface area contributed by atoms with Crippen molar-refractivity contribution in [3.8, 4) is 0 Å². The van der Waals surface area contributed by atoms with Gasteiger partial charge in [-0.25, -0.2) is 0 Å². The SMILES string of the molecule is CCC(C)NC(=O)C(C)N1CCC(CNC)CC1.Cl. The van der Waals surface area contributed by atoms with Gasteiger partial charge in [0.05, 0.1) is 6.04 Å². The highest BCUT2D eigenvalue weighted by molar-refractivity contribution is 5.85. The molecule has 0 aliphatic carbocycles. The number of nitrogens with one attached hydrogen (secondary N) is 2. The molecule has 5 heteroatoms. The van der Waals surface area contributed by atoms with Gasteiger partial charge in [-0.05, 0) is 65.7 Å². The molecule has 0 saturated carbocycles. The summed E-state index contributed by atoms with van der Waals surface area (Å²) < 4.78 is 0. The van der Waals surface area contributed by atoms with Crippen molar-refractivity contribution < 1.29 is 4.79 Å². The van der Waals surface area contributed by atoms with Gasteiger partial charge in [0.2, 0.25) is 5.91 Å². The van der Waals surface area contributed by atoms with Gasteiger partial charge in [0.25, 0.3) is 0 Å². The molecule has 0 radical (unpaired) electrons. The van der Waals surface area contributed by atoms with Crippen molar-refractivity contribution in [1.82, 2.24) is 15.5 Å². The summed E-state index contributed by atoms with van der Waals surface area (Å²) in [6, 6.07) is 0.288. The molecule has 114 valence electrons. The Morgan fingerprint density at radius 3 is 2.37 bits per heavy atom. The van der Waals surface area contributed by atoms with Crippen molar-refractivity contribution >= 4 is 18.3 Å². The Morgan fingerprint density at radius 1 is 1.32 bits per heavy atom. The van der Waals surface area contributed by atoms with Gasteiger partial charge in [-0.2, -0.15) is 0 Å². The molecule has 2 unspecified atom stereocenters. The smallest absolute Gasteiger partial charge is 0.237 e. The Morgan fingerprint density at radius 2 is 1.89 bits per heavy atom. The fourth-order valence-corrected chi connectivity index (χ4v) is 2.46. The molecule has 1 fully saturated rings. The summed E-state index contributed by atoms with van der Waals surface area (Å²) in [5.41, 5.74) is 0. The number of carbonyl (C=O) groups is 1. The molecule has 1 rings (SSSR count). The van der Waals surface area contributed by atoms with E-state index in [4.69, 9.17) is 0 Å². The molecule has 2 N–H and O–H groups in total. The first-order valence-corrected chi connectivity index (χ1v) is 7.27. The molecule has 0 bridgehead atoms. The summed E-state index contributed by atoms with van der Waals surface area (Å²) >= 11 is 0. The molecule has 1 aliphatic heterocycles. The zero-order valence-electron chi connectivity index (χ0n) is 12.7. The Labute approximate surface area is 124 Å². The number of hydrogen-bond acceptors (Lipinski definition) is 3. The van der Waals surface area contributed by atoms with Gasteiger partial charge in [-0.15, -0.1) is 12.4 Å². The van der Waals surface area contributed by atoms with Gasteiger partial charge >= 0.3 is 0 Å². The first-order valence-electron chi connectivity index (χ1n) is 7.27. The Balaban J connectivity index is 0.00000324. The van der Waals surface area contributed by atoms with Crippen LogP contribution in [0.1, 0.15) is 40.0 Å². The van der Waals surface area contributed by atoms with E-state index in [1.165, 1.54) is 12.8 Å². The largest absolute Gasteiger partial charge is 0.352 e. The summed E-state index contributed by atoms with van der Waals surface area (Å²) in [6.45, 7) is 9.36. The first-order chi connectivity index (χ1) is 8.58. The number of carbonyl (C=O) groups excluding carboxylic acids is 1. The number of piperidine rings is 1. The highest BCUT2D eigenvalue weighted by Crippen LogP contribution is 2.18. The lowest BCUT2D eigenvalue weighted by Gasteiger charge is -2.35. The van der Waals surface area contributed by atoms with Crippen LogP contribution < -0.4 is 10.6 Å². The fourth-order valence-electron chi connectivity index (χ4n) is 2.46. The van der Waals surface area contributed by atoms with E-state index in [0.717, 1.165) is 32.0 Å². The van der Waals surface area contributed by atoms with Crippen LogP contribution in [0.3, 0.4) is 0 Å². The monoisotopic (exact) mass is 291 g/mol. The maximum Gasteiger partial charge on any atom is 0.237 e. The molecule has 19 heavy (non-hydrogen) atoms. The third-order valence-corrected chi connectivity index (χ3v) is 4.07. The van der Waals surface area contributed by atoms with E-state index in [2.05, 4.69) is 29.4 Å². The maximum atomic E-state index is 12.1. The summed E-state index contributed by atoms with van der Waals surface area (Å²) in [6.07, 6.45) is 3.38. The molecule has 2 atom stereocenters. The van der Waals surface area contributed by atoms with Crippen molar-refractivity contribution in [3.05, 3.63) is 0 Å². The molecule has 0 aromatic carbocycles. The van der Waals surface area contributed by atoms with Crippen molar-refractivity contribution in [3.63, 3.8) is 0 Å². The number of nitrogens with zero attached hydrogens (tertiary/aromatic N) is 1. The van der Waals surface area contributed by atoms with Crippen LogP contribution in [0.2, 0.25) is 0 Å². The maximum absolute atomic E-state index is 12.1. The molecule has 0 aromatic heterocycles. The predicted molar refractivity (Wildman–Crippen MR) is 82.8 cm³/mol. The molecular formula is C14H30ClN3O. The number of amides is 1. The van der Waals surface area contributed by atoms with Crippen LogP contribution in [-0.2, 0) is 4.79 Å². The molecular weight excluding hydrogens is 262 g/mol. The van der Waals surface area contributed by atoms with E-state index in [1.807, 2.05) is 14.0 Å². The van der Waals surface area contributed by atoms with Crippen LogP contribution in [-0.4, -0.2) is 49.6 Å². The lowest BCUT2D eigenvalue weighted by molar-refractivity contribution is -0.127. The molecule has 4 nitrogen and oxygen atoms in total. The van der Waals surface area contributed by atoms with E-state index >= 15 is 0 Å². The minimum Gasteiger partial charge on any atom is -0.352 e. The minimum atomic E-state index is 0. The third-order valence-electron chi connectivity index (χ3n) is 4.07. The van der Waals surface area contributed by atoms with Crippen LogP contribution in [0, 0.1) is 5.92 Å². The van der Waals surface area contributed by atoms with E-state index in [0.29, 0.717) is 0 Å².